The maximum absolute atomic E-state index is 13.0. The number of urea groups is 1. The molecule has 2 heterocycles. The Hall–Kier alpha value is -2.12. The zero-order valence-corrected chi connectivity index (χ0v) is 16.0. The number of rotatable bonds is 4. The number of imide groups is 1. The normalized spacial score (nSPS) is 28.4. The van der Waals surface area contributed by atoms with Crippen LogP contribution in [0.2, 0.25) is 5.02 Å². The fraction of sp³-hybridized carbons (Fsp3) is 0.526. The van der Waals surface area contributed by atoms with Gasteiger partial charge in [-0.3, -0.25) is 14.5 Å². The standard InChI is InChI=1S/C19H23ClN4O3/c1-19(12-6-7-12)17(26)24(18(27)22-19)11-16(25)23-9-8-21-10-15(23)13-4-2-3-5-14(13)20/h2-5,12,15,21H,6-11H2,1H3,(H,22,27). The number of carbonyl (C=O) groups is 3. The van der Waals surface area contributed by atoms with Gasteiger partial charge >= 0.3 is 6.03 Å². The molecule has 2 unspecified atom stereocenters. The summed E-state index contributed by atoms with van der Waals surface area (Å²) in [4.78, 5) is 40.9. The SMILES string of the molecule is CC1(C2CC2)NC(=O)N(CC(=O)N2CCNCC2c2ccccc2Cl)C1=O. The smallest absolute Gasteiger partial charge is 0.325 e. The Morgan fingerprint density at radius 2 is 2.04 bits per heavy atom. The molecule has 2 N–H and O–H groups in total. The quantitative estimate of drug-likeness (QED) is 0.764. The van der Waals surface area contributed by atoms with Crippen molar-refractivity contribution < 1.29 is 14.4 Å². The lowest BCUT2D eigenvalue weighted by molar-refractivity contribution is -0.141. The third-order valence-corrected chi connectivity index (χ3v) is 6.16. The molecule has 8 heteroatoms. The van der Waals surface area contributed by atoms with Crippen LogP contribution in [0.4, 0.5) is 4.79 Å². The second-order valence-corrected chi connectivity index (χ2v) is 8.03. The van der Waals surface area contributed by atoms with E-state index >= 15 is 0 Å². The van der Waals surface area contributed by atoms with Crippen molar-refractivity contribution in [2.45, 2.75) is 31.3 Å². The van der Waals surface area contributed by atoms with Crippen LogP contribution in [-0.2, 0) is 9.59 Å². The van der Waals surface area contributed by atoms with E-state index in [1.165, 1.54) is 0 Å². The highest BCUT2D eigenvalue weighted by Crippen LogP contribution is 2.42. The maximum Gasteiger partial charge on any atom is 0.325 e. The largest absolute Gasteiger partial charge is 0.331 e. The summed E-state index contributed by atoms with van der Waals surface area (Å²) in [5.41, 5.74) is -0.0112. The Labute approximate surface area is 163 Å². The number of nitrogens with zero attached hydrogens (tertiary/aromatic N) is 2. The summed E-state index contributed by atoms with van der Waals surface area (Å²) in [6.45, 7) is 3.25. The highest BCUT2D eigenvalue weighted by molar-refractivity contribution is 6.31. The molecule has 1 aliphatic carbocycles. The maximum atomic E-state index is 13.0. The number of piperazine rings is 1. The van der Waals surface area contributed by atoms with E-state index in [9.17, 15) is 14.4 Å². The van der Waals surface area contributed by atoms with Crippen LogP contribution in [0.3, 0.4) is 0 Å². The molecule has 0 radical (unpaired) electrons. The third kappa shape index (κ3) is 3.19. The molecule has 1 aromatic carbocycles. The van der Waals surface area contributed by atoms with Gasteiger partial charge in [-0.25, -0.2) is 4.79 Å². The number of hydrogen-bond donors (Lipinski definition) is 2. The van der Waals surface area contributed by atoms with Crippen LogP contribution >= 0.6 is 11.6 Å². The summed E-state index contributed by atoms with van der Waals surface area (Å²) >= 11 is 6.33. The average molecular weight is 391 g/mol. The Balaban J connectivity index is 1.52. The van der Waals surface area contributed by atoms with Crippen molar-refractivity contribution in [3.05, 3.63) is 34.9 Å². The van der Waals surface area contributed by atoms with Gasteiger partial charge in [-0.15, -0.1) is 0 Å². The van der Waals surface area contributed by atoms with Crippen LogP contribution in [-0.4, -0.2) is 59.4 Å². The molecule has 4 rings (SSSR count). The van der Waals surface area contributed by atoms with E-state index in [-0.39, 0.29) is 30.3 Å². The second-order valence-electron chi connectivity index (χ2n) is 7.63. The minimum absolute atomic E-state index is 0.170. The summed E-state index contributed by atoms with van der Waals surface area (Å²) < 4.78 is 0. The number of amides is 4. The van der Waals surface area contributed by atoms with Gasteiger partial charge < -0.3 is 15.5 Å². The molecule has 7 nitrogen and oxygen atoms in total. The van der Waals surface area contributed by atoms with Crippen molar-refractivity contribution in [1.82, 2.24) is 20.4 Å². The Kier molecular flexibility index (Phi) is 4.60. The fourth-order valence-electron chi connectivity index (χ4n) is 4.05. The van der Waals surface area contributed by atoms with E-state index < -0.39 is 11.6 Å². The molecule has 3 fully saturated rings. The van der Waals surface area contributed by atoms with Crippen LogP contribution < -0.4 is 10.6 Å². The first kappa shape index (κ1) is 18.3. The first-order chi connectivity index (χ1) is 12.9. The van der Waals surface area contributed by atoms with Gasteiger partial charge in [0.1, 0.15) is 12.1 Å². The number of nitrogens with one attached hydrogen (secondary N) is 2. The Bertz CT molecular complexity index is 797. The molecule has 0 bridgehead atoms. The molecule has 3 aliphatic rings. The minimum atomic E-state index is -0.872. The summed E-state index contributed by atoms with van der Waals surface area (Å²) in [6.07, 6.45) is 1.85. The van der Waals surface area contributed by atoms with E-state index in [1.807, 2.05) is 18.2 Å². The van der Waals surface area contributed by atoms with Crippen molar-refractivity contribution >= 4 is 29.4 Å². The zero-order valence-electron chi connectivity index (χ0n) is 15.2. The van der Waals surface area contributed by atoms with E-state index in [4.69, 9.17) is 11.6 Å². The Morgan fingerprint density at radius 3 is 2.74 bits per heavy atom. The third-order valence-electron chi connectivity index (χ3n) is 5.82. The summed E-state index contributed by atoms with van der Waals surface area (Å²) in [6, 6.07) is 6.73. The van der Waals surface area contributed by atoms with Crippen LogP contribution in [0.15, 0.2) is 24.3 Å². The molecule has 2 atom stereocenters. The van der Waals surface area contributed by atoms with Crippen LogP contribution in [0.25, 0.3) is 0 Å². The van der Waals surface area contributed by atoms with Crippen molar-refractivity contribution in [2.75, 3.05) is 26.2 Å². The van der Waals surface area contributed by atoms with Crippen molar-refractivity contribution in [1.29, 1.82) is 0 Å². The lowest BCUT2D eigenvalue weighted by Gasteiger charge is -2.37. The minimum Gasteiger partial charge on any atom is -0.331 e. The predicted octanol–water partition coefficient (Wildman–Crippen LogP) is 1.53. The molecule has 0 spiro atoms. The van der Waals surface area contributed by atoms with Crippen LogP contribution in [0.5, 0.6) is 0 Å². The molecular formula is C19H23ClN4O3. The molecule has 1 aromatic rings. The van der Waals surface area contributed by atoms with Gasteiger partial charge in [-0.05, 0) is 37.3 Å². The molecule has 2 aliphatic heterocycles. The number of benzene rings is 1. The highest BCUT2D eigenvalue weighted by Gasteiger charge is 2.56. The summed E-state index contributed by atoms with van der Waals surface area (Å²) in [7, 11) is 0. The molecule has 0 aromatic heterocycles. The average Bonchev–Trinajstić information content (AvgIpc) is 3.48. The van der Waals surface area contributed by atoms with Crippen LogP contribution in [0, 0.1) is 5.92 Å². The number of halogens is 1. The van der Waals surface area contributed by atoms with Gasteiger partial charge in [0.15, 0.2) is 0 Å². The number of hydrogen-bond acceptors (Lipinski definition) is 4. The monoisotopic (exact) mass is 390 g/mol. The molecule has 1 saturated carbocycles. The van der Waals surface area contributed by atoms with Gasteiger partial charge in [0.25, 0.3) is 5.91 Å². The van der Waals surface area contributed by atoms with Crippen LogP contribution in [0.1, 0.15) is 31.4 Å². The molecule has 144 valence electrons. The van der Waals surface area contributed by atoms with Crippen molar-refractivity contribution in [2.24, 2.45) is 5.92 Å². The first-order valence-corrected chi connectivity index (χ1v) is 9.68. The van der Waals surface area contributed by atoms with Gasteiger partial charge in [-0.1, -0.05) is 29.8 Å². The van der Waals surface area contributed by atoms with E-state index in [2.05, 4.69) is 10.6 Å². The fourth-order valence-corrected chi connectivity index (χ4v) is 4.31. The lowest BCUT2D eigenvalue weighted by Crippen LogP contribution is -2.52. The predicted molar refractivity (Wildman–Crippen MR) is 100 cm³/mol. The summed E-state index contributed by atoms with van der Waals surface area (Å²) in [5.74, 6) is -0.373. The van der Waals surface area contributed by atoms with Crippen molar-refractivity contribution in [3.8, 4) is 0 Å². The van der Waals surface area contributed by atoms with E-state index in [1.54, 1.807) is 17.9 Å². The van der Waals surface area contributed by atoms with Gasteiger partial charge in [0.2, 0.25) is 5.91 Å². The van der Waals surface area contributed by atoms with E-state index in [0.29, 0.717) is 24.7 Å². The van der Waals surface area contributed by atoms with Crippen molar-refractivity contribution in [3.63, 3.8) is 0 Å². The van der Waals surface area contributed by atoms with Gasteiger partial charge in [0, 0.05) is 24.7 Å². The topological polar surface area (TPSA) is 81.8 Å². The molecule has 4 amide bonds. The number of carbonyl (C=O) groups excluding carboxylic acids is 3. The van der Waals surface area contributed by atoms with E-state index in [0.717, 1.165) is 23.3 Å². The first-order valence-electron chi connectivity index (χ1n) is 9.30. The molecular weight excluding hydrogens is 368 g/mol. The molecule has 27 heavy (non-hydrogen) atoms. The van der Waals surface area contributed by atoms with Gasteiger partial charge in [0.05, 0.1) is 6.04 Å². The lowest BCUT2D eigenvalue weighted by atomic mass is 9.96. The summed E-state index contributed by atoms with van der Waals surface area (Å²) in [5, 5.41) is 6.66. The molecule has 2 saturated heterocycles. The highest BCUT2D eigenvalue weighted by atomic mass is 35.5. The zero-order chi connectivity index (χ0) is 19.2. The van der Waals surface area contributed by atoms with Gasteiger partial charge in [-0.2, -0.15) is 0 Å². The Morgan fingerprint density at radius 1 is 1.30 bits per heavy atom. The second kappa shape index (κ2) is 6.80.